The van der Waals surface area contributed by atoms with E-state index < -0.39 is 9.84 Å². The number of hydrogen-bond acceptors (Lipinski definition) is 3. The molecule has 1 amide bonds. The predicted octanol–water partition coefficient (Wildman–Crippen LogP) is 2.53. The Morgan fingerprint density at radius 3 is 2.32 bits per heavy atom. The first-order valence-electron chi connectivity index (χ1n) is 6.52. The second-order valence-corrected chi connectivity index (χ2v) is 7.28. The number of hydrogen-bond donors (Lipinski definition) is 0. The quantitative estimate of drug-likeness (QED) is 0.676. The zero-order chi connectivity index (χ0) is 15.1. The Hall–Kier alpha value is -1.10. The molecule has 0 bridgehead atoms. The summed E-state index contributed by atoms with van der Waals surface area (Å²) in [5.74, 6) is -0.0335. The Morgan fingerprint density at radius 2 is 1.84 bits per heavy atom. The number of sulfone groups is 1. The molecule has 0 saturated heterocycles. The van der Waals surface area contributed by atoms with E-state index in [1.807, 2.05) is 6.92 Å². The maximum atomic E-state index is 11.6. The van der Waals surface area contributed by atoms with Crippen molar-refractivity contribution in [3.8, 4) is 0 Å². The molecule has 0 fully saturated rings. The molecule has 0 aliphatic heterocycles. The fourth-order valence-corrected chi connectivity index (χ4v) is 2.09. The van der Waals surface area contributed by atoms with E-state index in [4.69, 9.17) is 0 Å². The van der Waals surface area contributed by atoms with Crippen molar-refractivity contribution in [2.24, 2.45) is 0 Å². The van der Waals surface area contributed by atoms with Crippen molar-refractivity contribution in [2.75, 3.05) is 7.05 Å². The van der Waals surface area contributed by atoms with Crippen LogP contribution in [0.2, 0.25) is 0 Å². The van der Waals surface area contributed by atoms with Crippen molar-refractivity contribution in [2.45, 2.75) is 51.8 Å². The molecular weight excluding hydrogens is 262 g/mol. The summed E-state index contributed by atoms with van der Waals surface area (Å²) in [6, 6.07) is 0.0788. The first kappa shape index (κ1) is 17.9. The standard InChI is InChI=1S/C14H25NO3S/c1-6-9-14(16)15(5)13(4)10-7-8-11-19(17,18)12(2)3/h6,8-9,11-13H,7,10H2,1-5H3/b9-6+,11-8+. The Kier molecular flexibility index (Phi) is 7.68. The Bertz CT molecular complexity index is 436. The van der Waals surface area contributed by atoms with Crippen LogP contribution in [-0.4, -0.2) is 37.6 Å². The van der Waals surface area contributed by atoms with Crippen molar-refractivity contribution in [3.63, 3.8) is 0 Å². The van der Waals surface area contributed by atoms with Gasteiger partial charge in [0.2, 0.25) is 5.91 Å². The van der Waals surface area contributed by atoms with Gasteiger partial charge in [-0.3, -0.25) is 4.79 Å². The average Bonchev–Trinajstić information content (AvgIpc) is 2.33. The molecule has 0 aromatic carbocycles. The van der Waals surface area contributed by atoms with Crippen molar-refractivity contribution >= 4 is 15.7 Å². The lowest BCUT2D eigenvalue weighted by Crippen LogP contribution is -2.33. The second-order valence-electron chi connectivity index (χ2n) is 4.89. The van der Waals surface area contributed by atoms with Gasteiger partial charge in [0.15, 0.2) is 9.84 Å². The normalized spacial score (nSPS) is 14.4. The number of rotatable bonds is 7. The summed E-state index contributed by atoms with van der Waals surface area (Å²) in [6.07, 6.45) is 6.28. The van der Waals surface area contributed by atoms with Gasteiger partial charge in [-0.1, -0.05) is 12.2 Å². The van der Waals surface area contributed by atoms with E-state index >= 15 is 0 Å². The third-order valence-electron chi connectivity index (χ3n) is 3.01. The fourth-order valence-electron chi connectivity index (χ4n) is 1.37. The highest BCUT2D eigenvalue weighted by molar-refractivity contribution is 7.94. The molecule has 1 unspecified atom stereocenters. The first-order valence-corrected chi connectivity index (χ1v) is 8.13. The maximum Gasteiger partial charge on any atom is 0.246 e. The molecule has 0 radical (unpaired) electrons. The topological polar surface area (TPSA) is 54.5 Å². The maximum absolute atomic E-state index is 11.6. The molecule has 0 aromatic rings. The van der Waals surface area contributed by atoms with Gasteiger partial charge in [-0.05, 0) is 46.6 Å². The lowest BCUT2D eigenvalue weighted by Gasteiger charge is -2.23. The Morgan fingerprint density at radius 1 is 1.26 bits per heavy atom. The summed E-state index contributed by atoms with van der Waals surface area (Å²) in [7, 11) is -1.36. The summed E-state index contributed by atoms with van der Waals surface area (Å²) in [5, 5.41) is 0.887. The van der Waals surface area contributed by atoms with Gasteiger partial charge in [0, 0.05) is 18.5 Å². The molecule has 0 aliphatic rings. The zero-order valence-corrected chi connectivity index (χ0v) is 13.3. The van der Waals surface area contributed by atoms with Crippen LogP contribution in [0.1, 0.15) is 40.5 Å². The molecule has 5 heteroatoms. The van der Waals surface area contributed by atoms with E-state index in [2.05, 4.69) is 0 Å². The van der Waals surface area contributed by atoms with Crippen LogP contribution in [0, 0.1) is 0 Å². The van der Waals surface area contributed by atoms with Crippen molar-refractivity contribution in [1.82, 2.24) is 4.90 Å². The van der Waals surface area contributed by atoms with E-state index in [1.54, 1.807) is 44.9 Å². The Balaban J connectivity index is 4.29. The van der Waals surface area contributed by atoms with Gasteiger partial charge in [0.25, 0.3) is 0 Å². The van der Waals surface area contributed by atoms with Gasteiger partial charge in [-0.25, -0.2) is 8.42 Å². The van der Waals surface area contributed by atoms with E-state index in [-0.39, 0.29) is 17.2 Å². The number of nitrogens with zero attached hydrogens (tertiary/aromatic N) is 1. The molecule has 0 N–H and O–H groups in total. The van der Waals surface area contributed by atoms with Crippen molar-refractivity contribution in [1.29, 1.82) is 0 Å². The van der Waals surface area contributed by atoms with Crippen LogP contribution in [0.5, 0.6) is 0 Å². The summed E-state index contributed by atoms with van der Waals surface area (Å²) in [6.45, 7) is 7.07. The number of allylic oxidation sites excluding steroid dienone is 2. The molecule has 0 rings (SSSR count). The van der Waals surface area contributed by atoms with Gasteiger partial charge in [0.1, 0.15) is 0 Å². The van der Waals surface area contributed by atoms with Gasteiger partial charge >= 0.3 is 0 Å². The highest BCUT2D eigenvalue weighted by atomic mass is 32.2. The van der Waals surface area contributed by atoms with Gasteiger partial charge < -0.3 is 4.90 Å². The minimum Gasteiger partial charge on any atom is -0.340 e. The van der Waals surface area contributed by atoms with Crippen LogP contribution in [0.15, 0.2) is 23.6 Å². The number of carbonyl (C=O) groups excluding carboxylic acids is 1. The zero-order valence-electron chi connectivity index (χ0n) is 12.5. The van der Waals surface area contributed by atoms with E-state index in [1.165, 1.54) is 11.5 Å². The molecular formula is C14H25NO3S. The largest absolute Gasteiger partial charge is 0.340 e. The molecule has 4 nitrogen and oxygen atoms in total. The predicted molar refractivity (Wildman–Crippen MR) is 79.5 cm³/mol. The summed E-state index contributed by atoms with van der Waals surface area (Å²) >= 11 is 0. The van der Waals surface area contributed by atoms with Crippen LogP contribution in [0.25, 0.3) is 0 Å². The summed E-state index contributed by atoms with van der Waals surface area (Å²) in [5.41, 5.74) is 0. The van der Waals surface area contributed by atoms with Crippen LogP contribution in [0.3, 0.4) is 0 Å². The van der Waals surface area contributed by atoms with Gasteiger partial charge in [-0.2, -0.15) is 0 Å². The van der Waals surface area contributed by atoms with E-state index in [9.17, 15) is 13.2 Å². The van der Waals surface area contributed by atoms with Crippen LogP contribution >= 0.6 is 0 Å². The lowest BCUT2D eigenvalue weighted by atomic mass is 10.1. The third kappa shape index (κ3) is 6.57. The second kappa shape index (κ2) is 8.15. The molecule has 0 aromatic heterocycles. The molecule has 1 atom stereocenters. The van der Waals surface area contributed by atoms with Crippen molar-refractivity contribution in [3.05, 3.63) is 23.6 Å². The minimum atomic E-state index is -3.11. The van der Waals surface area contributed by atoms with Crippen LogP contribution < -0.4 is 0 Å². The average molecular weight is 287 g/mol. The number of carbonyl (C=O) groups is 1. The number of likely N-dealkylation sites (N-methyl/N-ethyl adjacent to an activating group) is 1. The third-order valence-corrected chi connectivity index (χ3v) is 4.90. The number of amides is 1. The van der Waals surface area contributed by atoms with Crippen LogP contribution in [0.4, 0.5) is 0 Å². The molecule has 19 heavy (non-hydrogen) atoms. The van der Waals surface area contributed by atoms with Crippen LogP contribution in [-0.2, 0) is 14.6 Å². The Labute approximate surface area is 117 Å². The van der Waals surface area contributed by atoms with E-state index in [0.29, 0.717) is 6.42 Å². The minimum absolute atomic E-state index is 0.0335. The lowest BCUT2D eigenvalue weighted by molar-refractivity contribution is -0.126. The highest BCUT2D eigenvalue weighted by Gasteiger charge is 2.13. The van der Waals surface area contributed by atoms with E-state index in [0.717, 1.165) is 6.42 Å². The molecule has 0 heterocycles. The molecule has 0 spiro atoms. The SMILES string of the molecule is C/C=C/C(=O)N(C)C(C)CC/C=C/S(=O)(=O)C(C)C. The first-order chi connectivity index (χ1) is 8.72. The molecule has 110 valence electrons. The van der Waals surface area contributed by atoms with Gasteiger partial charge in [-0.15, -0.1) is 0 Å². The molecule has 0 saturated carbocycles. The highest BCUT2D eigenvalue weighted by Crippen LogP contribution is 2.08. The van der Waals surface area contributed by atoms with Gasteiger partial charge in [0.05, 0.1) is 5.25 Å². The van der Waals surface area contributed by atoms with Crippen molar-refractivity contribution < 1.29 is 13.2 Å². The monoisotopic (exact) mass is 287 g/mol. The summed E-state index contributed by atoms with van der Waals surface area (Å²) in [4.78, 5) is 13.2. The summed E-state index contributed by atoms with van der Waals surface area (Å²) < 4.78 is 23.1. The fraction of sp³-hybridized carbons (Fsp3) is 0.643. The molecule has 0 aliphatic carbocycles. The smallest absolute Gasteiger partial charge is 0.246 e.